The number of benzene rings is 2. The maximum atomic E-state index is 11.8. The molecule has 0 atom stereocenters. The van der Waals surface area contributed by atoms with Gasteiger partial charge in [0.2, 0.25) is 0 Å². The average molecular weight is 252 g/mol. The fourth-order valence-electron chi connectivity index (χ4n) is 2.68. The molecule has 1 aromatic heterocycles. The van der Waals surface area contributed by atoms with Crippen LogP contribution in [0.2, 0.25) is 0 Å². The quantitative estimate of drug-likeness (QED) is 0.746. The number of nitrogens with one attached hydrogen (secondary N) is 1. The van der Waals surface area contributed by atoms with Crippen LogP contribution in [0.1, 0.15) is 17.3 Å². The number of aryl methyl sites for hydroxylation is 1. The van der Waals surface area contributed by atoms with E-state index in [1.165, 1.54) is 16.4 Å². The molecule has 3 aromatic rings. The van der Waals surface area contributed by atoms with Gasteiger partial charge in [0.15, 0.2) is 0 Å². The molecule has 0 unspecified atom stereocenters. The summed E-state index contributed by atoms with van der Waals surface area (Å²) in [5, 5.41) is 5.01. The number of carbonyl (C=O) groups excluding carboxylic acids is 1. The second-order valence-corrected chi connectivity index (χ2v) is 4.57. The van der Waals surface area contributed by atoms with Gasteiger partial charge >= 0.3 is 0 Å². The zero-order valence-electron chi connectivity index (χ0n) is 11.1. The predicted octanol–water partition coefficient (Wildman–Crippen LogP) is 3.17. The monoisotopic (exact) mass is 252 g/mol. The van der Waals surface area contributed by atoms with Gasteiger partial charge in [-0.25, -0.2) is 0 Å². The molecule has 0 aliphatic carbocycles. The highest BCUT2D eigenvalue weighted by molar-refractivity contribution is 6.10. The Morgan fingerprint density at radius 3 is 2.58 bits per heavy atom. The molecule has 1 heterocycles. The number of rotatable bonds is 2. The van der Waals surface area contributed by atoms with Crippen molar-refractivity contribution >= 4 is 27.7 Å². The van der Waals surface area contributed by atoms with Crippen LogP contribution < -0.4 is 5.32 Å². The number of fused-ring (bicyclic) bond motifs is 3. The van der Waals surface area contributed by atoms with Gasteiger partial charge in [-0.2, -0.15) is 0 Å². The fourth-order valence-corrected chi connectivity index (χ4v) is 2.68. The summed E-state index contributed by atoms with van der Waals surface area (Å²) in [7, 11) is 1.65. The molecule has 3 heteroatoms. The second-order valence-electron chi connectivity index (χ2n) is 4.57. The lowest BCUT2D eigenvalue weighted by Crippen LogP contribution is -2.17. The number of nitrogens with zero attached hydrogens (tertiary/aromatic N) is 1. The summed E-state index contributed by atoms with van der Waals surface area (Å²) >= 11 is 0. The summed E-state index contributed by atoms with van der Waals surface area (Å²) in [5.74, 6) is -0.0461. The van der Waals surface area contributed by atoms with Gasteiger partial charge in [0.05, 0.1) is 0 Å². The molecule has 3 rings (SSSR count). The topological polar surface area (TPSA) is 34.0 Å². The van der Waals surface area contributed by atoms with Crippen molar-refractivity contribution in [2.75, 3.05) is 7.05 Å². The van der Waals surface area contributed by atoms with Crippen molar-refractivity contribution in [1.29, 1.82) is 0 Å². The van der Waals surface area contributed by atoms with E-state index in [9.17, 15) is 4.79 Å². The normalized spacial score (nSPS) is 11.1. The third-order valence-electron chi connectivity index (χ3n) is 3.58. The van der Waals surface area contributed by atoms with Gasteiger partial charge in [-0.15, -0.1) is 0 Å². The number of carbonyl (C=O) groups is 1. The van der Waals surface area contributed by atoms with E-state index in [1.54, 1.807) is 7.05 Å². The number of hydrogen-bond acceptors (Lipinski definition) is 1. The Labute approximate surface area is 111 Å². The van der Waals surface area contributed by atoms with E-state index in [0.717, 1.165) is 11.9 Å². The molecule has 0 radical (unpaired) electrons. The zero-order chi connectivity index (χ0) is 13.4. The predicted molar refractivity (Wildman–Crippen MR) is 78.5 cm³/mol. The van der Waals surface area contributed by atoms with Crippen LogP contribution in [0, 0.1) is 0 Å². The van der Waals surface area contributed by atoms with Crippen LogP contribution in [-0.2, 0) is 6.54 Å². The lowest BCUT2D eigenvalue weighted by Gasteiger charge is -2.03. The Balaban J connectivity index is 2.39. The Bertz CT molecular complexity index is 771. The average Bonchev–Trinajstić information content (AvgIpc) is 2.79. The molecule has 1 N–H and O–H groups in total. The van der Waals surface area contributed by atoms with Gasteiger partial charge in [-0.3, -0.25) is 4.79 Å². The van der Waals surface area contributed by atoms with E-state index < -0.39 is 0 Å². The van der Waals surface area contributed by atoms with E-state index in [1.807, 2.05) is 30.3 Å². The first-order chi connectivity index (χ1) is 9.26. The summed E-state index contributed by atoms with van der Waals surface area (Å²) < 4.78 is 2.28. The third-order valence-corrected chi connectivity index (χ3v) is 3.58. The zero-order valence-corrected chi connectivity index (χ0v) is 11.1. The molecule has 96 valence electrons. The van der Waals surface area contributed by atoms with Crippen LogP contribution >= 0.6 is 0 Å². The van der Waals surface area contributed by atoms with Crippen molar-refractivity contribution in [1.82, 2.24) is 9.88 Å². The molecule has 3 nitrogen and oxygen atoms in total. The molecule has 1 amide bonds. The lowest BCUT2D eigenvalue weighted by molar-refractivity contribution is 0.0963. The van der Waals surface area contributed by atoms with Crippen LogP contribution in [0.4, 0.5) is 0 Å². The molecule has 0 saturated heterocycles. The van der Waals surface area contributed by atoms with Crippen LogP contribution in [0.5, 0.6) is 0 Å². The van der Waals surface area contributed by atoms with Gasteiger partial charge in [-0.1, -0.05) is 18.2 Å². The van der Waals surface area contributed by atoms with Crippen LogP contribution in [0.15, 0.2) is 42.5 Å². The maximum Gasteiger partial charge on any atom is 0.251 e. The van der Waals surface area contributed by atoms with E-state index in [4.69, 9.17) is 0 Å². The summed E-state index contributed by atoms with van der Waals surface area (Å²) in [6.07, 6.45) is 0. The van der Waals surface area contributed by atoms with Crippen molar-refractivity contribution in [3.8, 4) is 0 Å². The van der Waals surface area contributed by atoms with E-state index >= 15 is 0 Å². The number of aromatic nitrogens is 1. The number of amides is 1. The SMILES string of the molecule is CCn1c2ccccc2c2cc(C(=O)NC)ccc21. The molecule has 0 aliphatic rings. The van der Waals surface area contributed by atoms with Gasteiger partial charge in [0, 0.05) is 41.0 Å². The van der Waals surface area contributed by atoms with Gasteiger partial charge in [-0.05, 0) is 31.2 Å². The molecular formula is C16H16N2O. The van der Waals surface area contributed by atoms with E-state index in [2.05, 4.69) is 28.9 Å². The number of para-hydroxylation sites is 1. The largest absolute Gasteiger partial charge is 0.355 e. The summed E-state index contributed by atoms with van der Waals surface area (Å²) in [4.78, 5) is 11.8. The Hall–Kier alpha value is -2.29. The van der Waals surface area contributed by atoms with Crippen molar-refractivity contribution in [2.45, 2.75) is 13.5 Å². The van der Waals surface area contributed by atoms with E-state index in [-0.39, 0.29) is 5.91 Å². The lowest BCUT2D eigenvalue weighted by atomic mass is 10.1. The smallest absolute Gasteiger partial charge is 0.251 e. The number of hydrogen-bond donors (Lipinski definition) is 1. The molecule has 0 bridgehead atoms. The molecule has 2 aromatic carbocycles. The first-order valence-electron chi connectivity index (χ1n) is 6.49. The van der Waals surface area contributed by atoms with Crippen LogP contribution in [0.25, 0.3) is 21.8 Å². The molecule has 0 spiro atoms. The highest BCUT2D eigenvalue weighted by Crippen LogP contribution is 2.29. The fraction of sp³-hybridized carbons (Fsp3) is 0.188. The highest BCUT2D eigenvalue weighted by atomic mass is 16.1. The highest BCUT2D eigenvalue weighted by Gasteiger charge is 2.11. The Morgan fingerprint density at radius 1 is 1.11 bits per heavy atom. The van der Waals surface area contributed by atoms with Gasteiger partial charge in [0.1, 0.15) is 0 Å². The minimum atomic E-state index is -0.0461. The Morgan fingerprint density at radius 2 is 1.84 bits per heavy atom. The van der Waals surface area contributed by atoms with Crippen LogP contribution in [-0.4, -0.2) is 17.5 Å². The van der Waals surface area contributed by atoms with Crippen molar-refractivity contribution in [3.63, 3.8) is 0 Å². The molecular weight excluding hydrogens is 236 g/mol. The molecule has 0 fully saturated rings. The van der Waals surface area contributed by atoms with Crippen molar-refractivity contribution in [2.24, 2.45) is 0 Å². The minimum Gasteiger partial charge on any atom is -0.355 e. The van der Waals surface area contributed by atoms with Crippen LogP contribution in [0.3, 0.4) is 0 Å². The first-order valence-corrected chi connectivity index (χ1v) is 6.49. The summed E-state index contributed by atoms with van der Waals surface area (Å²) in [5.41, 5.74) is 3.10. The van der Waals surface area contributed by atoms with Crippen molar-refractivity contribution < 1.29 is 4.79 Å². The maximum absolute atomic E-state index is 11.8. The summed E-state index contributed by atoms with van der Waals surface area (Å²) in [6, 6.07) is 14.2. The van der Waals surface area contributed by atoms with Crippen molar-refractivity contribution in [3.05, 3.63) is 48.0 Å². The third kappa shape index (κ3) is 1.70. The molecule has 0 saturated carbocycles. The van der Waals surface area contributed by atoms with E-state index in [0.29, 0.717) is 5.56 Å². The van der Waals surface area contributed by atoms with Gasteiger partial charge in [0.25, 0.3) is 5.91 Å². The first kappa shape index (κ1) is 11.8. The molecule has 19 heavy (non-hydrogen) atoms. The standard InChI is InChI=1S/C16H16N2O/c1-3-18-14-7-5-4-6-12(14)13-10-11(16(19)17-2)8-9-15(13)18/h4-10H,3H2,1-2H3,(H,17,19). The minimum absolute atomic E-state index is 0.0461. The molecule has 0 aliphatic heterocycles. The van der Waals surface area contributed by atoms with Gasteiger partial charge < -0.3 is 9.88 Å². The summed E-state index contributed by atoms with van der Waals surface area (Å²) in [6.45, 7) is 3.06. The Kier molecular flexibility index (Phi) is 2.75. The second kappa shape index (κ2) is 4.43.